The molecule has 0 aliphatic rings. The first kappa shape index (κ1) is 10.9. The number of alkyl halides is 1. The summed E-state index contributed by atoms with van der Waals surface area (Å²) in [5.41, 5.74) is -2.33. The van der Waals surface area contributed by atoms with Crippen molar-refractivity contribution in [1.29, 1.82) is 0 Å². The molecule has 14 heavy (non-hydrogen) atoms. The molecule has 4 nitrogen and oxygen atoms in total. The summed E-state index contributed by atoms with van der Waals surface area (Å²) in [6.45, 7) is -1.08. The summed E-state index contributed by atoms with van der Waals surface area (Å²) in [4.78, 5) is -0.267. The predicted molar refractivity (Wildman–Crippen MR) is 47.3 cm³/mol. The molecule has 0 spiro atoms. The van der Waals surface area contributed by atoms with Crippen molar-refractivity contribution in [3.8, 4) is 5.75 Å². The second-order valence-corrected chi connectivity index (χ2v) is 4.70. The fourth-order valence-electron chi connectivity index (χ4n) is 0.882. The molecule has 1 aromatic rings. The van der Waals surface area contributed by atoms with Crippen molar-refractivity contribution in [2.45, 2.75) is 10.4 Å². The van der Waals surface area contributed by atoms with E-state index in [2.05, 4.69) is 0 Å². The van der Waals surface area contributed by atoms with E-state index in [4.69, 9.17) is 10.2 Å². The summed E-state index contributed by atoms with van der Waals surface area (Å²) in [6, 6.07) is 4.42. The van der Waals surface area contributed by atoms with E-state index in [9.17, 15) is 12.8 Å². The normalized spacial score (nSPS) is 13.9. The Hall–Kier alpha value is -1.14. The van der Waals surface area contributed by atoms with Gasteiger partial charge < -0.3 is 10.2 Å². The molecule has 0 aliphatic carbocycles. The molecule has 78 valence electrons. The van der Waals surface area contributed by atoms with Gasteiger partial charge in [0.2, 0.25) is 15.3 Å². The third-order valence-electron chi connectivity index (χ3n) is 1.65. The molecule has 2 N–H and O–H groups in total. The highest BCUT2D eigenvalue weighted by Gasteiger charge is 2.26. The number of hydrogen-bond acceptors (Lipinski definition) is 4. The molecule has 0 aromatic heterocycles. The molecule has 0 saturated carbocycles. The maximum Gasteiger partial charge on any atom is 0.228 e. The third kappa shape index (κ3) is 2.02. The lowest BCUT2D eigenvalue weighted by molar-refractivity contribution is 0.226. The second-order valence-electron chi connectivity index (χ2n) is 2.63. The van der Waals surface area contributed by atoms with Crippen molar-refractivity contribution in [1.82, 2.24) is 0 Å². The minimum atomic E-state index is -4.13. The molecular weight excluding hydrogens is 211 g/mol. The molecule has 1 atom stereocenters. The van der Waals surface area contributed by atoms with Gasteiger partial charge in [0.25, 0.3) is 0 Å². The average Bonchev–Trinajstić information content (AvgIpc) is 2.17. The average molecular weight is 220 g/mol. The van der Waals surface area contributed by atoms with Crippen LogP contribution in [0.2, 0.25) is 0 Å². The highest BCUT2D eigenvalue weighted by Crippen LogP contribution is 2.19. The maximum absolute atomic E-state index is 12.8. The van der Waals surface area contributed by atoms with Gasteiger partial charge in [-0.15, -0.1) is 0 Å². The van der Waals surface area contributed by atoms with Crippen LogP contribution in [0.3, 0.4) is 0 Å². The van der Waals surface area contributed by atoms with Crippen LogP contribution >= 0.6 is 0 Å². The first-order valence-corrected chi connectivity index (χ1v) is 5.31. The fraction of sp³-hybridized carbons (Fsp3) is 0.250. The summed E-state index contributed by atoms with van der Waals surface area (Å²) in [5.74, 6) is -0.108. The molecule has 1 unspecified atom stereocenters. The molecule has 0 amide bonds. The van der Waals surface area contributed by atoms with Crippen LogP contribution in [0.1, 0.15) is 0 Å². The van der Waals surface area contributed by atoms with E-state index in [-0.39, 0.29) is 10.6 Å². The zero-order valence-electron chi connectivity index (χ0n) is 7.09. The van der Waals surface area contributed by atoms with E-state index < -0.39 is 21.9 Å². The molecule has 0 saturated heterocycles. The summed E-state index contributed by atoms with van der Waals surface area (Å²) < 4.78 is 35.3. The quantitative estimate of drug-likeness (QED) is 0.775. The highest BCUT2D eigenvalue weighted by molar-refractivity contribution is 7.92. The van der Waals surface area contributed by atoms with Crippen LogP contribution in [0.4, 0.5) is 4.39 Å². The molecule has 0 radical (unpaired) electrons. The molecule has 6 heteroatoms. The fourth-order valence-corrected chi connectivity index (χ4v) is 1.89. The lowest BCUT2D eigenvalue weighted by atomic mass is 10.3. The van der Waals surface area contributed by atoms with Crippen molar-refractivity contribution in [3.05, 3.63) is 24.3 Å². The Bertz CT molecular complexity index is 398. The van der Waals surface area contributed by atoms with Gasteiger partial charge in [0.15, 0.2) is 0 Å². The standard InChI is InChI=1S/C8H9FO4S/c9-8(5-10)14(12,13)7-3-1-6(11)2-4-7/h1-4,8,10-11H,5H2. The number of hydrogen-bond donors (Lipinski definition) is 2. The van der Waals surface area contributed by atoms with Gasteiger partial charge in [0.05, 0.1) is 11.5 Å². The first-order valence-electron chi connectivity index (χ1n) is 3.76. The highest BCUT2D eigenvalue weighted by atomic mass is 32.2. The van der Waals surface area contributed by atoms with Gasteiger partial charge in [-0.3, -0.25) is 0 Å². The summed E-state index contributed by atoms with van der Waals surface area (Å²) >= 11 is 0. The van der Waals surface area contributed by atoms with Crippen LogP contribution in [0.5, 0.6) is 5.75 Å². The van der Waals surface area contributed by atoms with E-state index in [0.29, 0.717) is 0 Å². The third-order valence-corrected chi connectivity index (χ3v) is 3.40. The number of aromatic hydroxyl groups is 1. The van der Waals surface area contributed by atoms with Gasteiger partial charge in [-0.05, 0) is 24.3 Å². The van der Waals surface area contributed by atoms with Crippen LogP contribution in [-0.4, -0.2) is 30.7 Å². The molecule has 1 rings (SSSR count). The SMILES string of the molecule is O=S(=O)(c1ccc(O)cc1)C(F)CO. The number of halogens is 1. The number of phenolic OH excluding ortho intramolecular Hbond substituents is 1. The zero-order valence-corrected chi connectivity index (χ0v) is 7.91. The van der Waals surface area contributed by atoms with Gasteiger partial charge in [-0.2, -0.15) is 0 Å². The largest absolute Gasteiger partial charge is 0.508 e. The van der Waals surface area contributed by atoms with Gasteiger partial charge in [0, 0.05) is 0 Å². The van der Waals surface area contributed by atoms with Crippen LogP contribution in [-0.2, 0) is 9.84 Å². The molecule has 0 heterocycles. The van der Waals surface area contributed by atoms with E-state index in [0.717, 1.165) is 24.3 Å². The smallest absolute Gasteiger partial charge is 0.228 e. The Morgan fingerprint density at radius 1 is 1.29 bits per heavy atom. The van der Waals surface area contributed by atoms with Crippen LogP contribution in [0.15, 0.2) is 29.2 Å². The van der Waals surface area contributed by atoms with E-state index >= 15 is 0 Å². The van der Waals surface area contributed by atoms with Gasteiger partial charge in [-0.1, -0.05) is 0 Å². The Morgan fingerprint density at radius 3 is 2.21 bits per heavy atom. The number of aliphatic hydroxyl groups excluding tert-OH is 1. The number of sulfone groups is 1. The molecule has 1 aromatic carbocycles. The van der Waals surface area contributed by atoms with Crippen molar-refractivity contribution >= 4 is 9.84 Å². The lowest BCUT2D eigenvalue weighted by Gasteiger charge is -2.06. The van der Waals surface area contributed by atoms with Crippen molar-refractivity contribution in [2.75, 3.05) is 6.61 Å². The topological polar surface area (TPSA) is 74.6 Å². The number of phenols is 1. The Kier molecular flexibility index (Phi) is 3.07. The van der Waals surface area contributed by atoms with Crippen molar-refractivity contribution in [3.63, 3.8) is 0 Å². The van der Waals surface area contributed by atoms with Crippen molar-refractivity contribution < 1.29 is 23.0 Å². The van der Waals surface area contributed by atoms with Crippen LogP contribution < -0.4 is 0 Å². The molecule has 0 fully saturated rings. The second kappa shape index (κ2) is 3.93. The summed E-state index contributed by atoms with van der Waals surface area (Å²) in [6.07, 6.45) is 0. The summed E-state index contributed by atoms with van der Waals surface area (Å²) in [7, 11) is -4.13. The van der Waals surface area contributed by atoms with Gasteiger partial charge >= 0.3 is 0 Å². The Morgan fingerprint density at radius 2 is 1.79 bits per heavy atom. The number of aliphatic hydroxyl groups is 1. The lowest BCUT2D eigenvalue weighted by Crippen LogP contribution is -2.20. The Labute approximate surface area is 80.5 Å². The maximum atomic E-state index is 12.8. The molecule has 0 bridgehead atoms. The van der Waals surface area contributed by atoms with E-state index in [1.54, 1.807) is 0 Å². The zero-order chi connectivity index (χ0) is 10.8. The minimum absolute atomic E-state index is 0.108. The monoisotopic (exact) mass is 220 g/mol. The first-order chi connectivity index (χ1) is 6.48. The van der Waals surface area contributed by atoms with E-state index in [1.807, 2.05) is 0 Å². The van der Waals surface area contributed by atoms with Crippen LogP contribution in [0, 0.1) is 0 Å². The number of benzene rings is 1. The number of rotatable bonds is 3. The van der Waals surface area contributed by atoms with Crippen LogP contribution in [0.25, 0.3) is 0 Å². The minimum Gasteiger partial charge on any atom is -0.508 e. The molecule has 0 aliphatic heterocycles. The molecular formula is C8H9FO4S. The van der Waals surface area contributed by atoms with Gasteiger partial charge in [0.1, 0.15) is 5.75 Å². The van der Waals surface area contributed by atoms with E-state index in [1.165, 1.54) is 0 Å². The summed E-state index contributed by atoms with van der Waals surface area (Å²) in [5, 5.41) is 17.3. The van der Waals surface area contributed by atoms with Crippen molar-refractivity contribution in [2.24, 2.45) is 0 Å². The van der Waals surface area contributed by atoms with Gasteiger partial charge in [-0.25, -0.2) is 12.8 Å². The predicted octanol–water partition coefficient (Wildman–Crippen LogP) is 0.454. The Balaban J connectivity index is 3.11.